The van der Waals surface area contributed by atoms with Gasteiger partial charge < -0.3 is 26.3 Å². The molecule has 0 spiro atoms. The summed E-state index contributed by atoms with van der Waals surface area (Å²) in [5, 5.41) is 13.4. The van der Waals surface area contributed by atoms with Crippen LogP contribution in [-0.2, 0) is 41.4 Å². The van der Waals surface area contributed by atoms with Crippen molar-refractivity contribution in [3.05, 3.63) is 113 Å². The van der Waals surface area contributed by atoms with E-state index in [0.717, 1.165) is 11.6 Å². The number of aryl methyl sites for hydroxylation is 1. The van der Waals surface area contributed by atoms with E-state index < -0.39 is 41.1 Å². The van der Waals surface area contributed by atoms with E-state index in [1.54, 1.807) is 36.7 Å². The van der Waals surface area contributed by atoms with Gasteiger partial charge in [-0.3, -0.25) is 14.6 Å². The molecule has 0 saturated carbocycles. The van der Waals surface area contributed by atoms with Crippen molar-refractivity contribution in [2.24, 2.45) is 11.8 Å². The maximum atomic E-state index is 14.9. The lowest BCUT2D eigenvalue weighted by atomic mass is 9.77. The van der Waals surface area contributed by atoms with Gasteiger partial charge in [0.15, 0.2) is 0 Å². The molecule has 1 aliphatic carbocycles. The van der Waals surface area contributed by atoms with Crippen LogP contribution in [0.2, 0.25) is 0 Å². The van der Waals surface area contributed by atoms with Gasteiger partial charge in [0, 0.05) is 42.1 Å². The number of carbonyl (C=O) groups is 2. The second-order valence-electron chi connectivity index (χ2n) is 14.7. The summed E-state index contributed by atoms with van der Waals surface area (Å²) in [6.07, 6.45) is 1.26. The van der Waals surface area contributed by atoms with Gasteiger partial charge in [0.05, 0.1) is 34.6 Å². The summed E-state index contributed by atoms with van der Waals surface area (Å²) >= 11 is 5.88. The van der Waals surface area contributed by atoms with E-state index in [4.69, 9.17) is 12.2 Å². The van der Waals surface area contributed by atoms with Crippen molar-refractivity contribution in [1.29, 1.82) is 0 Å². The van der Waals surface area contributed by atoms with Gasteiger partial charge in [-0.15, -0.1) is 0 Å². The topological polar surface area (TPSA) is 111 Å². The Morgan fingerprint density at radius 1 is 1.00 bits per heavy atom. The SMILES string of the molecule is C=C(N[C@]1(C(=O)N[C@H](C(=S)NCCc2cccnc2)C(C)CC)CCc2[nH]c3c(C(F)(F)F)cccc3c2C1)[C@@H](NC(=O)Cc1ccccc1F)C(C)CC. The summed E-state index contributed by atoms with van der Waals surface area (Å²) in [7, 11) is 0. The summed E-state index contributed by atoms with van der Waals surface area (Å²) < 4.78 is 56.8. The van der Waals surface area contributed by atoms with Crippen molar-refractivity contribution < 1.29 is 27.2 Å². The molecule has 0 bridgehead atoms. The number of rotatable bonds is 16. The molecule has 5 atom stereocenters. The van der Waals surface area contributed by atoms with Gasteiger partial charge in [0.2, 0.25) is 11.8 Å². The smallest absolute Gasteiger partial charge is 0.378 e. The lowest BCUT2D eigenvalue weighted by Gasteiger charge is -2.42. The minimum atomic E-state index is -4.58. The highest BCUT2D eigenvalue weighted by Gasteiger charge is 2.46. The molecule has 294 valence electrons. The van der Waals surface area contributed by atoms with Crippen LogP contribution in [-0.4, -0.2) is 50.9 Å². The van der Waals surface area contributed by atoms with Crippen LogP contribution in [0.5, 0.6) is 0 Å². The Balaban J connectivity index is 1.47. The number of nitrogens with one attached hydrogen (secondary N) is 5. The average molecular weight is 779 g/mol. The number of thiocarbonyl (C=S) groups is 1. The Morgan fingerprint density at radius 2 is 1.73 bits per heavy atom. The van der Waals surface area contributed by atoms with E-state index in [1.165, 1.54) is 12.1 Å². The normalized spacial score (nSPS) is 17.7. The third kappa shape index (κ3) is 9.73. The molecule has 2 heterocycles. The number of nitrogens with zero attached hydrogens (tertiary/aromatic N) is 1. The van der Waals surface area contributed by atoms with Gasteiger partial charge in [-0.2, -0.15) is 13.2 Å². The number of aromatic amines is 1. The predicted molar refractivity (Wildman–Crippen MR) is 212 cm³/mol. The first kappa shape index (κ1) is 41.4. The van der Waals surface area contributed by atoms with Crippen molar-refractivity contribution in [2.75, 3.05) is 6.54 Å². The molecule has 5 rings (SSSR count). The van der Waals surface area contributed by atoms with Crippen LogP contribution < -0.4 is 21.3 Å². The Kier molecular flexibility index (Phi) is 13.4. The average Bonchev–Trinajstić information content (AvgIpc) is 3.53. The summed E-state index contributed by atoms with van der Waals surface area (Å²) in [6, 6.07) is 12.8. The first-order valence-corrected chi connectivity index (χ1v) is 19.2. The number of hydrogen-bond donors (Lipinski definition) is 5. The highest BCUT2D eigenvalue weighted by molar-refractivity contribution is 7.80. The molecule has 2 aromatic heterocycles. The molecule has 5 N–H and O–H groups in total. The molecule has 2 amide bonds. The van der Waals surface area contributed by atoms with E-state index in [-0.39, 0.29) is 54.5 Å². The molecular weight excluding hydrogens is 729 g/mol. The van der Waals surface area contributed by atoms with Gasteiger partial charge in [-0.1, -0.05) is 95.7 Å². The number of alkyl halides is 3. The van der Waals surface area contributed by atoms with Crippen LogP contribution in [0.25, 0.3) is 10.9 Å². The largest absolute Gasteiger partial charge is 0.418 e. The lowest BCUT2D eigenvalue weighted by molar-refractivity contribution is -0.136. The molecule has 8 nitrogen and oxygen atoms in total. The summed E-state index contributed by atoms with van der Waals surface area (Å²) in [4.78, 5) is 35.9. The number of aromatic nitrogens is 2. The summed E-state index contributed by atoms with van der Waals surface area (Å²) in [5.41, 5.74) is 0.690. The maximum absolute atomic E-state index is 14.9. The predicted octanol–water partition coefficient (Wildman–Crippen LogP) is 7.52. The molecular formula is C42H50F4N6O2S. The number of hydrogen-bond acceptors (Lipinski definition) is 5. The van der Waals surface area contributed by atoms with E-state index in [2.05, 4.69) is 37.8 Å². The van der Waals surface area contributed by atoms with Crippen molar-refractivity contribution in [1.82, 2.24) is 31.2 Å². The Hall–Kier alpha value is -4.78. The van der Waals surface area contributed by atoms with Crippen LogP contribution in [0.4, 0.5) is 17.6 Å². The van der Waals surface area contributed by atoms with Crippen LogP contribution in [0, 0.1) is 17.7 Å². The van der Waals surface area contributed by atoms with Gasteiger partial charge in [0.1, 0.15) is 11.4 Å². The summed E-state index contributed by atoms with van der Waals surface area (Å²) in [6.45, 7) is 12.8. The van der Waals surface area contributed by atoms with Crippen LogP contribution >= 0.6 is 12.2 Å². The third-order valence-electron chi connectivity index (χ3n) is 10.9. The second-order valence-corrected chi connectivity index (χ2v) is 15.1. The van der Waals surface area contributed by atoms with Crippen molar-refractivity contribution in [3.63, 3.8) is 0 Å². The Labute approximate surface area is 325 Å². The Bertz CT molecular complexity index is 2000. The number of fused-ring (bicyclic) bond motifs is 3. The van der Waals surface area contributed by atoms with E-state index in [9.17, 15) is 27.2 Å². The van der Waals surface area contributed by atoms with Crippen LogP contribution in [0.1, 0.15) is 74.9 Å². The van der Waals surface area contributed by atoms with E-state index in [0.29, 0.717) is 53.1 Å². The zero-order valence-corrected chi connectivity index (χ0v) is 32.5. The first-order valence-electron chi connectivity index (χ1n) is 18.8. The number of amides is 2. The van der Waals surface area contributed by atoms with Gasteiger partial charge in [-0.25, -0.2) is 4.39 Å². The van der Waals surface area contributed by atoms with Crippen LogP contribution in [0.15, 0.2) is 79.3 Å². The highest BCUT2D eigenvalue weighted by Crippen LogP contribution is 2.40. The molecule has 0 saturated heterocycles. The van der Waals surface area contributed by atoms with Crippen LogP contribution in [0.3, 0.4) is 0 Å². The third-order valence-corrected chi connectivity index (χ3v) is 11.3. The molecule has 13 heteroatoms. The van der Waals surface area contributed by atoms with E-state index >= 15 is 0 Å². The molecule has 2 unspecified atom stereocenters. The number of para-hydroxylation sites is 1. The molecule has 55 heavy (non-hydrogen) atoms. The van der Waals surface area contributed by atoms with Crippen molar-refractivity contribution in [2.45, 2.75) is 96.4 Å². The number of benzene rings is 2. The van der Waals surface area contributed by atoms with Crippen molar-refractivity contribution >= 4 is 39.9 Å². The van der Waals surface area contributed by atoms with Gasteiger partial charge in [0.25, 0.3) is 0 Å². The maximum Gasteiger partial charge on any atom is 0.418 e. The molecule has 2 aromatic carbocycles. The standard InChI is InChI=1S/C42H50F4N6O2S/c1-6-25(3)36(50-35(53)22-29-13-8-9-16-33(29)43)27(5)52-41(19-17-34-31(23-41)30-14-10-15-32(38(30)49-34)42(44,45)46)40(54)51-37(26(4)7-2)39(55)48-21-18-28-12-11-20-47-24-28/h8-16,20,24-26,36-37,49,52H,5-7,17-19,21-23H2,1-4H3,(H,48,55)(H,50,53)(H,51,54)/t25?,26?,36-,37-,41+/m0/s1. The fourth-order valence-electron chi connectivity index (χ4n) is 7.26. The minimum Gasteiger partial charge on any atom is -0.378 e. The van der Waals surface area contributed by atoms with E-state index in [1.807, 2.05) is 39.8 Å². The zero-order valence-electron chi connectivity index (χ0n) is 31.7. The van der Waals surface area contributed by atoms with Gasteiger partial charge >= 0.3 is 6.18 Å². The lowest BCUT2D eigenvalue weighted by Crippen LogP contribution is -2.64. The number of halogens is 4. The van der Waals surface area contributed by atoms with Gasteiger partial charge in [-0.05, 0) is 66.0 Å². The molecule has 0 fully saturated rings. The quantitative estimate of drug-likeness (QED) is 0.0595. The Morgan fingerprint density at radius 3 is 2.40 bits per heavy atom. The molecule has 1 aliphatic rings. The summed E-state index contributed by atoms with van der Waals surface area (Å²) in [5.74, 6) is -1.50. The first-order chi connectivity index (χ1) is 26.2. The number of H-pyrrole nitrogens is 1. The second kappa shape index (κ2) is 17.8. The number of pyridine rings is 1. The number of carbonyl (C=O) groups excluding carboxylic acids is 2. The fraction of sp³-hybridized carbons (Fsp3) is 0.429. The molecule has 0 radical (unpaired) electrons. The molecule has 0 aliphatic heterocycles. The van der Waals surface area contributed by atoms with Crippen molar-refractivity contribution in [3.8, 4) is 0 Å². The minimum absolute atomic E-state index is 0.0237. The zero-order chi connectivity index (χ0) is 39.9. The monoisotopic (exact) mass is 778 g/mol. The fourth-order valence-corrected chi connectivity index (χ4v) is 7.66. The molecule has 4 aromatic rings. The highest BCUT2D eigenvalue weighted by atomic mass is 32.1.